The van der Waals surface area contributed by atoms with E-state index in [0.717, 1.165) is 50.3 Å². The molecule has 8 heteroatoms. The van der Waals surface area contributed by atoms with E-state index in [2.05, 4.69) is 38.7 Å². The van der Waals surface area contributed by atoms with Crippen LogP contribution in [-0.4, -0.2) is 23.5 Å². The SMILES string of the molecule is O=C(Nc1cccc(SCC(=O)N2c3ccccc3CCc3ccccc32)c1)/C(=C/c1cccc(Br)c1)NC(=O)c1ccccc1. The van der Waals surface area contributed by atoms with Crippen LogP contribution in [-0.2, 0) is 22.4 Å². The molecule has 1 aliphatic rings. The Morgan fingerprint density at radius 2 is 1.39 bits per heavy atom. The van der Waals surface area contributed by atoms with Crippen LogP contribution < -0.4 is 15.5 Å². The summed E-state index contributed by atoms with van der Waals surface area (Å²) in [6, 6.07) is 39.7. The number of carbonyl (C=O) groups excluding carboxylic acids is 3. The number of benzene rings is 5. The second kappa shape index (κ2) is 14.5. The van der Waals surface area contributed by atoms with Gasteiger partial charge in [-0.15, -0.1) is 11.8 Å². The quantitative estimate of drug-likeness (QED) is 0.127. The molecule has 1 aliphatic heterocycles. The van der Waals surface area contributed by atoms with E-state index < -0.39 is 11.8 Å². The average Bonchev–Trinajstić information content (AvgIpc) is 3.24. The van der Waals surface area contributed by atoms with Crippen molar-refractivity contribution < 1.29 is 14.4 Å². The van der Waals surface area contributed by atoms with Gasteiger partial charge in [0, 0.05) is 20.6 Å². The zero-order chi connectivity index (χ0) is 31.9. The van der Waals surface area contributed by atoms with Gasteiger partial charge in [-0.1, -0.05) is 88.7 Å². The van der Waals surface area contributed by atoms with Gasteiger partial charge in [-0.3, -0.25) is 19.3 Å². The van der Waals surface area contributed by atoms with Crippen LogP contribution >= 0.6 is 27.7 Å². The molecule has 0 saturated carbocycles. The maximum absolute atomic E-state index is 13.8. The van der Waals surface area contributed by atoms with Crippen molar-refractivity contribution in [3.05, 3.63) is 160 Å². The number of hydrogen-bond acceptors (Lipinski definition) is 4. The van der Waals surface area contributed by atoms with E-state index in [1.165, 1.54) is 11.8 Å². The van der Waals surface area contributed by atoms with Crippen LogP contribution in [0.15, 0.2) is 142 Å². The Morgan fingerprint density at radius 1 is 0.739 bits per heavy atom. The number of nitrogens with one attached hydrogen (secondary N) is 2. The Hall–Kier alpha value is -4.92. The van der Waals surface area contributed by atoms with Crippen LogP contribution in [0.3, 0.4) is 0 Å². The van der Waals surface area contributed by atoms with Gasteiger partial charge in [0.05, 0.1) is 17.1 Å². The van der Waals surface area contributed by atoms with Gasteiger partial charge in [0.15, 0.2) is 0 Å². The molecule has 0 unspecified atom stereocenters. The summed E-state index contributed by atoms with van der Waals surface area (Å²) in [4.78, 5) is 43.0. The molecular formula is C38H30BrN3O3S. The van der Waals surface area contributed by atoms with Crippen molar-refractivity contribution in [1.29, 1.82) is 0 Å². The fraction of sp³-hybridized carbons (Fsp3) is 0.0789. The van der Waals surface area contributed by atoms with Crippen LogP contribution in [0, 0.1) is 0 Å². The fourth-order valence-corrected chi connectivity index (χ4v) is 6.55. The van der Waals surface area contributed by atoms with E-state index in [4.69, 9.17) is 0 Å². The summed E-state index contributed by atoms with van der Waals surface area (Å²) in [5, 5.41) is 5.69. The predicted octanol–water partition coefficient (Wildman–Crippen LogP) is 8.41. The molecule has 6 rings (SSSR count). The molecular weight excluding hydrogens is 658 g/mol. The number of hydrogen-bond donors (Lipinski definition) is 2. The van der Waals surface area contributed by atoms with Crippen LogP contribution in [0.5, 0.6) is 0 Å². The molecule has 0 aliphatic carbocycles. The smallest absolute Gasteiger partial charge is 0.272 e. The van der Waals surface area contributed by atoms with Crippen molar-refractivity contribution in [2.24, 2.45) is 0 Å². The van der Waals surface area contributed by atoms with Crippen molar-refractivity contribution in [3.63, 3.8) is 0 Å². The minimum Gasteiger partial charge on any atom is -0.321 e. The Kier molecular flexibility index (Phi) is 9.76. The second-order valence-corrected chi connectivity index (χ2v) is 12.7. The van der Waals surface area contributed by atoms with Crippen molar-refractivity contribution in [2.45, 2.75) is 17.7 Å². The molecule has 5 aromatic carbocycles. The molecule has 3 amide bonds. The van der Waals surface area contributed by atoms with Crippen molar-refractivity contribution in [3.8, 4) is 0 Å². The number of thioether (sulfide) groups is 1. The number of rotatable bonds is 8. The van der Waals surface area contributed by atoms with E-state index in [0.29, 0.717) is 11.3 Å². The summed E-state index contributed by atoms with van der Waals surface area (Å²) < 4.78 is 0.849. The van der Waals surface area contributed by atoms with Gasteiger partial charge < -0.3 is 10.6 Å². The van der Waals surface area contributed by atoms with Crippen LogP contribution in [0.1, 0.15) is 27.0 Å². The maximum atomic E-state index is 13.8. The molecule has 2 N–H and O–H groups in total. The fourth-order valence-electron chi connectivity index (χ4n) is 5.33. The van der Waals surface area contributed by atoms with Crippen molar-refractivity contribution >= 4 is 68.6 Å². The number of anilines is 3. The lowest BCUT2D eigenvalue weighted by molar-refractivity contribution is -0.115. The molecule has 6 nitrogen and oxygen atoms in total. The molecule has 0 fully saturated rings. The molecule has 0 saturated heterocycles. The maximum Gasteiger partial charge on any atom is 0.272 e. The number of nitrogens with zero attached hydrogens (tertiary/aromatic N) is 1. The van der Waals surface area contributed by atoms with Gasteiger partial charge in [-0.25, -0.2) is 0 Å². The van der Waals surface area contributed by atoms with E-state index in [1.54, 1.807) is 36.4 Å². The molecule has 0 spiro atoms. The third-order valence-electron chi connectivity index (χ3n) is 7.52. The lowest BCUT2D eigenvalue weighted by Crippen LogP contribution is -2.30. The molecule has 0 atom stereocenters. The van der Waals surface area contributed by atoms with E-state index >= 15 is 0 Å². The number of carbonyl (C=O) groups is 3. The summed E-state index contributed by atoms with van der Waals surface area (Å²) in [5.74, 6) is -0.679. The molecule has 0 aromatic heterocycles. The largest absolute Gasteiger partial charge is 0.321 e. The molecule has 0 bridgehead atoms. The molecule has 228 valence electrons. The van der Waals surface area contributed by atoms with Crippen LogP contribution in [0.2, 0.25) is 0 Å². The summed E-state index contributed by atoms with van der Waals surface area (Å²) in [6.07, 6.45) is 3.38. The highest BCUT2D eigenvalue weighted by Crippen LogP contribution is 2.37. The Labute approximate surface area is 280 Å². The standard InChI is InChI=1S/C38H30BrN3O3S/c39-30-15-8-10-26(22-30)23-33(41-37(44)29-13-2-1-3-14-29)38(45)40-31-16-9-17-32(24-31)46-25-36(43)42-34-18-6-4-11-27(34)20-21-28-12-5-7-19-35(28)42/h1-19,22-24H,20-21,25H2,(H,40,45)(H,41,44)/b33-23-. The van der Waals surface area contributed by atoms with Crippen molar-refractivity contribution in [2.75, 3.05) is 16.0 Å². The topological polar surface area (TPSA) is 78.5 Å². The first-order valence-corrected chi connectivity index (χ1v) is 16.6. The minimum atomic E-state index is -0.472. The summed E-state index contributed by atoms with van der Waals surface area (Å²) >= 11 is 4.87. The molecule has 0 radical (unpaired) electrons. The third-order valence-corrected chi connectivity index (χ3v) is 8.99. The summed E-state index contributed by atoms with van der Waals surface area (Å²) in [7, 11) is 0. The molecule has 1 heterocycles. The molecule has 5 aromatic rings. The van der Waals surface area contributed by atoms with Gasteiger partial charge in [0.2, 0.25) is 5.91 Å². The average molecular weight is 689 g/mol. The highest BCUT2D eigenvalue weighted by atomic mass is 79.9. The number of halogens is 1. The number of para-hydroxylation sites is 2. The van der Waals surface area contributed by atoms with Crippen LogP contribution in [0.25, 0.3) is 6.08 Å². The molecule has 46 heavy (non-hydrogen) atoms. The number of amides is 3. The summed E-state index contributed by atoms with van der Waals surface area (Å²) in [5.41, 5.74) is 5.95. The first-order valence-electron chi connectivity index (χ1n) is 14.8. The lowest BCUT2D eigenvalue weighted by Gasteiger charge is -2.25. The predicted molar refractivity (Wildman–Crippen MR) is 189 cm³/mol. The number of fused-ring (bicyclic) bond motifs is 2. The first kappa shape index (κ1) is 31.1. The highest BCUT2D eigenvalue weighted by molar-refractivity contribution is 9.10. The second-order valence-electron chi connectivity index (χ2n) is 10.7. The first-order chi connectivity index (χ1) is 22.4. The van der Waals surface area contributed by atoms with Gasteiger partial charge in [-0.05, 0) is 90.2 Å². The zero-order valence-corrected chi connectivity index (χ0v) is 27.2. The van der Waals surface area contributed by atoms with E-state index in [9.17, 15) is 14.4 Å². The Balaban J connectivity index is 1.19. The normalized spacial score (nSPS) is 12.4. The van der Waals surface area contributed by atoms with Gasteiger partial charge >= 0.3 is 0 Å². The minimum absolute atomic E-state index is 0.0240. The van der Waals surface area contributed by atoms with Gasteiger partial charge in [-0.2, -0.15) is 0 Å². The Bertz CT molecular complexity index is 1900. The van der Waals surface area contributed by atoms with E-state index in [-0.39, 0.29) is 17.4 Å². The highest BCUT2D eigenvalue weighted by Gasteiger charge is 2.25. The Morgan fingerprint density at radius 3 is 2.09 bits per heavy atom. The third kappa shape index (κ3) is 7.47. The van der Waals surface area contributed by atoms with Crippen LogP contribution in [0.4, 0.5) is 17.1 Å². The lowest BCUT2D eigenvalue weighted by atomic mass is 10.0. The zero-order valence-electron chi connectivity index (χ0n) is 24.8. The summed E-state index contributed by atoms with van der Waals surface area (Å²) in [6.45, 7) is 0. The van der Waals surface area contributed by atoms with Crippen molar-refractivity contribution in [1.82, 2.24) is 5.32 Å². The number of aryl methyl sites for hydroxylation is 2. The van der Waals surface area contributed by atoms with Gasteiger partial charge in [0.1, 0.15) is 5.70 Å². The van der Waals surface area contributed by atoms with Gasteiger partial charge in [0.25, 0.3) is 11.8 Å². The van der Waals surface area contributed by atoms with E-state index in [1.807, 2.05) is 89.8 Å². The monoisotopic (exact) mass is 687 g/mol.